The van der Waals surface area contributed by atoms with E-state index >= 15 is 0 Å². The fourth-order valence-corrected chi connectivity index (χ4v) is 2.30. The van der Waals surface area contributed by atoms with Crippen molar-refractivity contribution in [1.29, 1.82) is 0 Å². The van der Waals surface area contributed by atoms with Gasteiger partial charge in [-0.3, -0.25) is 9.78 Å². The largest absolute Gasteiger partial charge is 0.464 e. The highest BCUT2D eigenvalue weighted by atomic mass is 16.5. The van der Waals surface area contributed by atoms with E-state index in [1.807, 2.05) is 18.3 Å². The smallest absolute Gasteiger partial charge is 0.304 e. The highest BCUT2D eigenvalue weighted by molar-refractivity contribution is 5.53. The zero-order chi connectivity index (χ0) is 17.5. The molecule has 126 valence electrons. The maximum atomic E-state index is 12.2. The van der Waals surface area contributed by atoms with Gasteiger partial charge in [0.1, 0.15) is 6.33 Å². The zero-order valence-electron chi connectivity index (χ0n) is 13.6. The van der Waals surface area contributed by atoms with Gasteiger partial charge < -0.3 is 4.74 Å². The molecule has 0 amide bonds. The van der Waals surface area contributed by atoms with Crippen LogP contribution in [0.4, 0.5) is 0 Å². The highest BCUT2D eigenvalue weighted by Gasteiger charge is 2.10. The summed E-state index contributed by atoms with van der Waals surface area (Å²) in [6.45, 7) is 4.06. The fourth-order valence-electron chi connectivity index (χ4n) is 2.30. The van der Waals surface area contributed by atoms with Gasteiger partial charge in [-0.25, -0.2) is 14.5 Å². The predicted molar refractivity (Wildman–Crippen MR) is 94.0 cm³/mol. The third-order valence-corrected chi connectivity index (χ3v) is 3.51. The molecule has 7 nitrogen and oxygen atoms in total. The lowest BCUT2D eigenvalue weighted by molar-refractivity contribution is 0.280. The normalized spacial score (nSPS) is 10.4. The minimum Gasteiger partial charge on any atom is -0.464 e. The van der Waals surface area contributed by atoms with Crippen molar-refractivity contribution >= 4 is 6.20 Å². The topological polar surface area (TPSA) is 82.8 Å². The van der Waals surface area contributed by atoms with Gasteiger partial charge in [0.25, 0.3) is 5.56 Å². The molecule has 0 aliphatic heterocycles. The summed E-state index contributed by atoms with van der Waals surface area (Å²) in [7, 11) is 0. The lowest BCUT2D eigenvalue weighted by Crippen LogP contribution is -2.19. The molecule has 0 atom stereocenters. The van der Waals surface area contributed by atoms with E-state index in [0.29, 0.717) is 18.0 Å². The number of rotatable bonds is 7. The third-order valence-electron chi connectivity index (χ3n) is 3.51. The summed E-state index contributed by atoms with van der Waals surface area (Å²) in [5.74, 6) is 0. The average molecular weight is 335 g/mol. The SMILES string of the molecule is C=Cn1c(OCCCc2cccnc2)nc(-c2ccncn2)cc1=O. The summed E-state index contributed by atoms with van der Waals surface area (Å²) < 4.78 is 6.98. The van der Waals surface area contributed by atoms with Crippen LogP contribution in [-0.2, 0) is 6.42 Å². The van der Waals surface area contributed by atoms with E-state index in [1.165, 1.54) is 23.2 Å². The van der Waals surface area contributed by atoms with Crippen LogP contribution >= 0.6 is 0 Å². The van der Waals surface area contributed by atoms with Gasteiger partial charge in [-0.1, -0.05) is 12.6 Å². The van der Waals surface area contributed by atoms with Crippen molar-refractivity contribution in [3.8, 4) is 17.4 Å². The molecular weight excluding hydrogens is 318 g/mol. The van der Waals surface area contributed by atoms with Crippen LogP contribution in [0.15, 0.2) is 60.6 Å². The van der Waals surface area contributed by atoms with Crippen molar-refractivity contribution in [2.75, 3.05) is 6.61 Å². The molecule has 0 bridgehead atoms. The first-order valence-corrected chi connectivity index (χ1v) is 7.82. The Bertz CT molecular complexity index is 894. The molecule has 3 heterocycles. The second-order valence-corrected chi connectivity index (χ2v) is 5.22. The van der Waals surface area contributed by atoms with Gasteiger partial charge in [-0.15, -0.1) is 0 Å². The first-order chi connectivity index (χ1) is 12.3. The van der Waals surface area contributed by atoms with E-state index < -0.39 is 0 Å². The van der Waals surface area contributed by atoms with Crippen LogP contribution in [-0.4, -0.2) is 31.1 Å². The summed E-state index contributed by atoms with van der Waals surface area (Å²) in [5.41, 5.74) is 1.85. The van der Waals surface area contributed by atoms with Crippen LogP contribution in [0.3, 0.4) is 0 Å². The molecule has 0 saturated carbocycles. The number of nitrogens with zero attached hydrogens (tertiary/aromatic N) is 5. The van der Waals surface area contributed by atoms with Gasteiger partial charge in [-0.05, 0) is 30.5 Å². The molecule has 0 aliphatic rings. The van der Waals surface area contributed by atoms with Crippen molar-refractivity contribution < 1.29 is 4.74 Å². The van der Waals surface area contributed by atoms with Gasteiger partial charge in [0.15, 0.2) is 0 Å². The Hall–Kier alpha value is -3.35. The number of hydrogen-bond acceptors (Lipinski definition) is 6. The van der Waals surface area contributed by atoms with Crippen LogP contribution < -0.4 is 10.3 Å². The fraction of sp³-hybridized carbons (Fsp3) is 0.167. The third kappa shape index (κ3) is 4.14. The molecule has 25 heavy (non-hydrogen) atoms. The molecule has 0 radical (unpaired) electrons. The van der Waals surface area contributed by atoms with Gasteiger partial charge in [0.2, 0.25) is 0 Å². The van der Waals surface area contributed by atoms with E-state index in [1.54, 1.807) is 18.5 Å². The van der Waals surface area contributed by atoms with Gasteiger partial charge in [0.05, 0.1) is 18.0 Å². The Kier molecular flexibility index (Phi) is 5.26. The van der Waals surface area contributed by atoms with Crippen molar-refractivity contribution in [2.45, 2.75) is 12.8 Å². The van der Waals surface area contributed by atoms with Crippen molar-refractivity contribution in [1.82, 2.24) is 24.5 Å². The molecule has 0 spiro atoms. The number of ether oxygens (including phenoxy) is 1. The second-order valence-electron chi connectivity index (χ2n) is 5.22. The lowest BCUT2D eigenvalue weighted by atomic mass is 10.2. The summed E-state index contributed by atoms with van der Waals surface area (Å²) in [6.07, 6.45) is 9.56. The Morgan fingerprint density at radius 3 is 2.84 bits per heavy atom. The number of aryl methyl sites for hydroxylation is 1. The van der Waals surface area contributed by atoms with Crippen LogP contribution in [0, 0.1) is 0 Å². The molecule has 7 heteroatoms. The summed E-state index contributed by atoms with van der Waals surface area (Å²) in [6, 6.07) is 7.19. The van der Waals surface area contributed by atoms with Gasteiger partial charge >= 0.3 is 6.01 Å². The van der Waals surface area contributed by atoms with Crippen LogP contribution in [0.2, 0.25) is 0 Å². The Morgan fingerprint density at radius 1 is 1.20 bits per heavy atom. The lowest BCUT2D eigenvalue weighted by Gasteiger charge is -2.11. The standard InChI is InChI=1S/C18H17N5O2/c1-2-23-17(24)11-16(15-7-9-20-13-21-15)22-18(23)25-10-4-6-14-5-3-8-19-12-14/h2-3,5,7-9,11-13H,1,4,6,10H2. The molecule has 0 N–H and O–H groups in total. The van der Waals surface area contributed by atoms with Gasteiger partial charge in [0, 0.05) is 30.9 Å². The first kappa shape index (κ1) is 16.5. The van der Waals surface area contributed by atoms with E-state index in [9.17, 15) is 4.79 Å². The van der Waals surface area contributed by atoms with Gasteiger partial charge in [-0.2, -0.15) is 4.98 Å². The van der Waals surface area contributed by atoms with E-state index in [2.05, 4.69) is 26.5 Å². The molecule has 0 unspecified atom stereocenters. The molecule has 0 aromatic carbocycles. The van der Waals surface area contributed by atoms with Crippen molar-refractivity contribution in [3.05, 3.63) is 71.7 Å². The molecule has 3 aromatic rings. The van der Waals surface area contributed by atoms with Crippen molar-refractivity contribution in [2.24, 2.45) is 0 Å². The van der Waals surface area contributed by atoms with Crippen molar-refractivity contribution in [3.63, 3.8) is 0 Å². The van der Waals surface area contributed by atoms with E-state index in [-0.39, 0.29) is 11.6 Å². The van der Waals surface area contributed by atoms with E-state index in [4.69, 9.17) is 4.74 Å². The van der Waals surface area contributed by atoms with Crippen LogP contribution in [0.5, 0.6) is 6.01 Å². The second kappa shape index (κ2) is 7.96. The molecular formula is C18H17N5O2. The monoisotopic (exact) mass is 335 g/mol. The quantitative estimate of drug-likeness (QED) is 0.616. The maximum absolute atomic E-state index is 12.2. The summed E-state index contributed by atoms with van der Waals surface area (Å²) in [5, 5.41) is 0. The molecule has 3 rings (SSSR count). The highest BCUT2D eigenvalue weighted by Crippen LogP contribution is 2.15. The number of pyridine rings is 1. The summed E-state index contributed by atoms with van der Waals surface area (Å²) >= 11 is 0. The molecule has 3 aromatic heterocycles. The Labute approximate surface area is 144 Å². The van der Waals surface area contributed by atoms with Crippen LogP contribution in [0.25, 0.3) is 17.6 Å². The number of hydrogen-bond donors (Lipinski definition) is 0. The van der Waals surface area contributed by atoms with E-state index in [0.717, 1.165) is 18.4 Å². The number of aromatic nitrogens is 5. The Morgan fingerprint density at radius 2 is 2.12 bits per heavy atom. The minimum atomic E-state index is -0.277. The summed E-state index contributed by atoms with van der Waals surface area (Å²) in [4.78, 5) is 28.7. The zero-order valence-corrected chi connectivity index (χ0v) is 13.6. The molecule has 0 saturated heterocycles. The Balaban J connectivity index is 1.74. The predicted octanol–water partition coefficient (Wildman–Crippen LogP) is 2.21. The van der Waals surface area contributed by atoms with Crippen LogP contribution in [0.1, 0.15) is 12.0 Å². The minimum absolute atomic E-state index is 0.197. The first-order valence-electron chi connectivity index (χ1n) is 7.82. The maximum Gasteiger partial charge on any atom is 0.304 e. The average Bonchev–Trinajstić information content (AvgIpc) is 2.66. The molecule has 0 fully saturated rings. The molecule has 0 aliphatic carbocycles.